The molecule has 1 amide bonds. The van der Waals surface area contributed by atoms with Gasteiger partial charge in [-0.3, -0.25) is 4.79 Å². The lowest BCUT2D eigenvalue weighted by Gasteiger charge is -2.23. The second kappa shape index (κ2) is 8.00. The molecule has 2 rings (SSSR count). The van der Waals surface area contributed by atoms with Crippen LogP contribution in [0.15, 0.2) is 28.8 Å². The molecule has 25 heavy (non-hydrogen) atoms. The summed E-state index contributed by atoms with van der Waals surface area (Å²) in [6.45, 7) is 10.3. The van der Waals surface area contributed by atoms with E-state index in [4.69, 9.17) is 16.1 Å². The first-order valence-corrected chi connectivity index (χ1v) is 8.96. The van der Waals surface area contributed by atoms with E-state index in [0.717, 1.165) is 12.0 Å². The summed E-state index contributed by atoms with van der Waals surface area (Å²) in [5.74, 6) is 1.10. The van der Waals surface area contributed by atoms with Gasteiger partial charge in [0.1, 0.15) is 6.04 Å². The second-order valence-corrected chi connectivity index (χ2v) is 8.07. The van der Waals surface area contributed by atoms with Crippen molar-refractivity contribution in [1.82, 2.24) is 15.5 Å². The number of nitrogens with zero attached hydrogens (tertiary/aromatic N) is 2. The molecule has 1 aromatic heterocycles. The highest BCUT2D eigenvalue weighted by atomic mass is 35.5. The van der Waals surface area contributed by atoms with Gasteiger partial charge in [0.25, 0.3) is 0 Å². The molecule has 0 bridgehead atoms. The lowest BCUT2D eigenvalue weighted by molar-refractivity contribution is -0.124. The highest BCUT2D eigenvalue weighted by molar-refractivity contribution is 6.30. The Bertz CT molecular complexity index is 704. The zero-order valence-electron chi connectivity index (χ0n) is 15.5. The van der Waals surface area contributed by atoms with Crippen molar-refractivity contribution in [3.8, 4) is 11.4 Å². The molecule has 0 aliphatic carbocycles. The molecule has 0 aliphatic rings. The smallest absolute Gasteiger partial charge is 0.249 e. The largest absolute Gasteiger partial charge is 0.344 e. The summed E-state index contributed by atoms with van der Waals surface area (Å²) in [4.78, 5) is 16.9. The molecular weight excluding hydrogens is 338 g/mol. The highest BCUT2D eigenvalue weighted by Gasteiger charge is 2.28. The molecule has 136 valence electrons. The van der Waals surface area contributed by atoms with E-state index in [0.29, 0.717) is 23.2 Å². The van der Waals surface area contributed by atoms with Crippen LogP contribution >= 0.6 is 11.6 Å². The standard InChI is InChI=1S/C19H26ClN3O2/c1-6-12(2)16(21-15(24)11-19(3,4)5)18-22-17(23-25-18)13-7-9-14(20)10-8-13/h7-10,12,16H,6,11H2,1-5H3,(H,21,24)/t12-,16-/m0/s1. The molecule has 0 radical (unpaired) electrons. The number of amides is 1. The minimum Gasteiger partial charge on any atom is -0.344 e. The van der Waals surface area contributed by atoms with Crippen LogP contribution in [0.3, 0.4) is 0 Å². The van der Waals surface area contributed by atoms with E-state index in [1.54, 1.807) is 12.1 Å². The van der Waals surface area contributed by atoms with Crippen LogP contribution < -0.4 is 5.32 Å². The molecule has 0 fully saturated rings. The van der Waals surface area contributed by atoms with Gasteiger partial charge >= 0.3 is 0 Å². The lowest BCUT2D eigenvalue weighted by atomic mass is 9.91. The minimum atomic E-state index is -0.298. The normalized spacial score (nSPS) is 14.2. The predicted octanol–water partition coefficient (Wildman–Crippen LogP) is 5.03. The molecule has 2 atom stereocenters. The predicted molar refractivity (Wildman–Crippen MR) is 99.2 cm³/mol. The van der Waals surface area contributed by atoms with Gasteiger partial charge in [-0.1, -0.05) is 57.8 Å². The van der Waals surface area contributed by atoms with Crippen molar-refractivity contribution in [3.63, 3.8) is 0 Å². The van der Waals surface area contributed by atoms with E-state index in [9.17, 15) is 4.79 Å². The molecule has 1 heterocycles. The Labute approximate surface area is 154 Å². The number of aromatic nitrogens is 2. The van der Waals surface area contributed by atoms with Crippen LogP contribution in [-0.4, -0.2) is 16.0 Å². The van der Waals surface area contributed by atoms with E-state index in [2.05, 4.69) is 29.3 Å². The molecule has 1 aromatic carbocycles. The van der Waals surface area contributed by atoms with Gasteiger partial charge in [0.05, 0.1) is 0 Å². The summed E-state index contributed by atoms with van der Waals surface area (Å²) in [6, 6.07) is 6.95. The van der Waals surface area contributed by atoms with E-state index >= 15 is 0 Å². The Hall–Kier alpha value is -1.88. The molecule has 0 saturated heterocycles. The summed E-state index contributed by atoms with van der Waals surface area (Å²) >= 11 is 5.91. The van der Waals surface area contributed by atoms with Gasteiger partial charge in [-0.15, -0.1) is 0 Å². The fraction of sp³-hybridized carbons (Fsp3) is 0.526. The van der Waals surface area contributed by atoms with Crippen LogP contribution in [0, 0.1) is 11.3 Å². The van der Waals surface area contributed by atoms with Crippen molar-refractivity contribution < 1.29 is 9.32 Å². The third-order valence-corrected chi connectivity index (χ3v) is 4.28. The summed E-state index contributed by atoms with van der Waals surface area (Å²) in [5, 5.41) is 7.77. The van der Waals surface area contributed by atoms with Gasteiger partial charge in [-0.2, -0.15) is 4.98 Å². The number of nitrogens with one attached hydrogen (secondary N) is 1. The summed E-state index contributed by atoms with van der Waals surface area (Å²) in [7, 11) is 0. The molecule has 0 saturated carbocycles. The van der Waals surface area contributed by atoms with Crippen LogP contribution in [-0.2, 0) is 4.79 Å². The monoisotopic (exact) mass is 363 g/mol. The van der Waals surface area contributed by atoms with Gasteiger partial charge in [0.15, 0.2) is 0 Å². The summed E-state index contributed by atoms with van der Waals surface area (Å²) < 4.78 is 5.46. The Kier molecular flexibility index (Phi) is 6.22. The van der Waals surface area contributed by atoms with Crippen molar-refractivity contribution in [1.29, 1.82) is 0 Å². The zero-order chi connectivity index (χ0) is 18.6. The number of hydrogen-bond donors (Lipinski definition) is 1. The van der Waals surface area contributed by atoms with Crippen molar-refractivity contribution in [2.75, 3.05) is 0 Å². The van der Waals surface area contributed by atoms with Gasteiger partial charge in [0.2, 0.25) is 17.6 Å². The van der Waals surface area contributed by atoms with E-state index in [-0.39, 0.29) is 23.3 Å². The van der Waals surface area contributed by atoms with Crippen LogP contribution in [0.4, 0.5) is 0 Å². The third-order valence-electron chi connectivity index (χ3n) is 4.03. The second-order valence-electron chi connectivity index (χ2n) is 7.63. The molecule has 1 N–H and O–H groups in total. The highest BCUT2D eigenvalue weighted by Crippen LogP contribution is 2.27. The maximum absolute atomic E-state index is 12.4. The minimum absolute atomic E-state index is 0.0101. The Balaban J connectivity index is 2.21. The van der Waals surface area contributed by atoms with Gasteiger partial charge in [-0.05, 0) is 35.6 Å². The maximum Gasteiger partial charge on any atom is 0.249 e. The Morgan fingerprint density at radius 1 is 1.28 bits per heavy atom. The van der Waals surface area contributed by atoms with Crippen LogP contribution in [0.1, 0.15) is 59.4 Å². The molecule has 0 spiro atoms. The van der Waals surface area contributed by atoms with Crippen LogP contribution in [0.2, 0.25) is 5.02 Å². The van der Waals surface area contributed by atoms with Crippen molar-refractivity contribution in [2.45, 2.75) is 53.5 Å². The van der Waals surface area contributed by atoms with Crippen molar-refractivity contribution in [3.05, 3.63) is 35.2 Å². The average molecular weight is 364 g/mol. The first kappa shape index (κ1) is 19.4. The molecule has 0 aliphatic heterocycles. The number of rotatable bonds is 6. The Morgan fingerprint density at radius 2 is 1.92 bits per heavy atom. The molecule has 2 aromatic rings. The number of hydrogen-bond acceptors (Lipinski definition) is 4. The van der Waals surface area contributed by atoms with Gasteiger partial charge < -0.3 is 9.84 Å². The van der Waals surface area contributed by atoms with Crippen molar-refractivity contribution in [2.24, 2.45) is 11.3 Å². The van der Waals surface area contributed by atoms with Gasteiger partial charge in [-0.25, -0.2) is 0 Å². The molecule has 6 heteroatoms. The lowest BCUT2D eigenvalue weighted by Crippen LogP contribution is -2.34. The molecular formula is C19H26ClN3O2. The van der Waals surface area contributed by atoms with E-state index < -0.39 is 0 Å². The summed E-state index contributed by atoms with van der Waals surface area (Å²) in [6.07, 6.45) is 1.33. The van der Waals surface area contributed by atoms with Crippen LogP contribution in [0.5, 0.6) is 0 Å². The zero-order valence-corrected chi connectivity index (χ0v) is 16.2. The topological polar surface area (TPSA) is 68.0 Å². The summed E-state index contributed by atoms with van der Waals surface area (Å²) in [5.41, 5.74) is 0.747. The first-order chi connectivity index (χ1) is 11.7. The van der Waals surface area contributed by atoms with Gasteiger partial charge in [0, 0.05) is 17.0 Å². The number of halogens is 1. The number of benzene rings is 1. The van der Waals surface area contributed by atoms with Crippen molar-refractivity contribution >= 4 is 17.5 Å². The fourth-order valence-electron chi connectivity index (χ4n) is 2.47. The van der Waals surface area contributed by atoms with E-state index in [1.165, 1.54) is 0 Å². The first-order valence-electron chi connectivity index (χ1n) is 8.58. The molecule has 0 unspecified atom stereocenters. The Morgan fingerprint density at radius 3 is 2.48 bits per heavy atom. The fourth-order valence-corrected chi connectivity index (χ4v) is 2.59. The number of carbonyl (C=O) groups is 1. The SMILES string of the molecule is CC[C@H](C)[C@H](NC(=O)CC(C)(C)C)c1nc(-c2ccc(Cl)cc2)no1. The van der Waals surface area contributed by atoms with Crippen LogP contribution in [0.25, 0.3) is 11.4 Å². The molecule has 5 nitrogen and oxygen atoms in total. The quantitative estimate of drug-likeness (QED) is 0.781. The third kappa shape index (κ3) is 5.56. The maximum atomic E-state index is 12.4. The number of carbonyl (C=O) groups excluding carboxylic acids is 1. The van der Waals surface area contributed by atoms with E-state index in [1.807, 2.05) is 32.9 Å². The average Bonchev–Trinajstić information content (AvgIpc) is 3.00.